The Morgan fingerprint density at radius 2 is 1.46 bits per heavy atom. The lowest BCUT2D eigenvalue weighted by Crippen LogP contribution is -2.60. The van der Waals surface area contributed by atoms with Crippen LogP contribution in [0.3, 0.4) is 0 Å². The summed E-state index contributed by atoms with van der Waals surface area (Å²) < 4.78 is 0. The number of benzene rings is 2. The fourth-order valence-corrected chi connectivity index (χ4v) is 9.01. The molecule has 2 unspecified atom stereocenters. The maximum atomic E-state index is 14.7. The van der Waals surface area contributed by atoms with Crippen molar-refractivity contribution in [1.82, 2.24) is 45.0 Å². The van der Waals surface area contributed by atoms with Crippen molar-refractivity contribution in [2.75, 3.05) is 54.9 Å². The maximum absolute atomic E-state index is 14.7. The molecule has 1 aliphatic heterocycles. The van der Waals surface area contributed by atoms with Gasteiger partial charge in [0.05, 0.1) is 13.1 Å². The zero-order chi connectivity index (χ0) is 51.3. The molecule has 376 valence electrons. The minimum absolute atomic E-state index is 0.0498. The van der Waals surface area contributed by atoms with E-state index in [9.17, 15) is 38.4 Å². The quantitative estimate of drug-likeness (QED) is 0.134. The number of likely N-dealkylation sites (tertiary alicyclic amines) is 1. The van der Waals surface area contributed by atoms with Gasteiger partial charge in [-0.05, 0) is 54.7 Å². The van der Waals surface area contributed by atoms with E-state index in [2.05, 4.69) is 15.6 Å². The second kappa shape index (κ2) is 25.2. The van der Waals surface area contributed by atoms with Gasteiger partial charge in [0.25, 0.3) is 0 Å². The van der Waals surface area contributed by atoms with Crippen LogP contribution in [-0.4, -0.2) is 167 Å². The molecule has 6 atom stereocenters. The zero-order valence-electron chi connectivity index (χ0n) is 42.7. The van der Waals surface area contributed by atoms with Gasteiger partial charge < -0.3 is 45.0 Å². The topological polar surface area (TPSA) is 196 Å². The van der Waals surface area contributed by atoms with Gasteiger partial charge in [-0.2, -0.15) is 0 Å². The van der Waals surface area contributed by atoms with E-state index in [0.29, 0.717) is 19.3 Å². The Morgan fingerprint density at radius 3 is 2.09 bits per heavy atom. The number of nitrogens with one attached hydrogen (secondary N) is 3. The van der Waals surface area contributed by atoms with Crippen LogP contribution in [0.4, 0.5) is 0 Å². The third-order valence-electron chi connectivity index (χ3n) is 13.1. The molecule has 0 radical (unpaired) electrons. The highest BCUT2D eigenvalue weighted by Crippen LogP contribution is 2.26. The molecule has 8 amide bonds. The van der Waals surface area contributed by atoms with E-state index in [-0.39, 0.29) is 50.2 Å². The lowest BCUT2D eigenvalue weighted by atomic mass is 9.96. The highest BCUT2D eigenvalue weighted by molar-refractivity contribution is 5.97. The first-order valence-corrected chi connectivity index (χ1v) is 24.0. The second-order valence-electron chi connectivity index (χ2n) is 19.2. The first-order valence-electron chi connectivity index (χ1n) is 24.0. The molecule has 0 aliphatic carbocycles. The molecular weight excluding hydrogens is 879 g/mol. The highest BCUT2D eigenvalue weighted by atomic mass is 16.2. The van der Waals surface area contributed by atoms with Crippen molar-refractivity contribution in [3.05, 3.63) is 78.1 Å². The number of carbonyl (C=O) groups excluding carboxylic acids is 8. The third kappa shape index (κ3) is 14.3. The molecule has 0 bridgehead atoms. The molecule has 0 spiro atoms. The minimum atomic E-state index is -1.03. The fraction of sp³-hybridized carbons (Fsp3) is 0.538. The number of H-pyrrole nitrogens is 1. The van der Waals surface area contributed by atoms with Gasteiger partial charge in [0.15, 0.2) is 0 Å². The molecule has 1 aromatic heterocycles. The van der Waals surface area contributed by atoms with Crippen LogP contribution in [0.2, 0.25) is 0 Å². The average Bonchev–Trinajstić information content (AvgIpc) is 3.98. The molecule has 69 heavy (non-hydrogen) atoms. The second-order valence-corrected chi connectivity index (χ2v) is 19.2. The van der Waals surface area contributed by atoms with Gasteiger partial charge in [0, 0.05) is 84.0 Å². The summed E-state index contributed by atoms with van der Waals surface area (Å²) in [6.07, 6.45) is 7.29. The van der Waals surface area contributed by atoms with E-state index in [4.69, 9.17) is 0 Å². The number of carbonyl (C=O) groups is 8. The molecule has 2 aromatic carbocycles. The van der Waals surface area contributed by atoms with Gasteiger partial charge in [-0.1, -0.05) is 96.5 Å². The number of hydrogen-bond acceptors (Lipinski definition) is 8. The van der Waals surface area contributed by atoms with E-state index in [0.717, 1.165) is 22.0 Å². The fourth-order valence-electron chi connectivity index (χ4n) is 9.01. The van der Waals surface area contributed by atoms with E-state index in [1.807, 2.05) is 94.6 Å². The number of fused-ring (bicyclic) bond motifs is 1. The molecule has 0 saturated carbocycles. The molecule has 1 saturated heterocycles. The number of rotatable bonds is 22. The van der Waals surface area contributed by atoms with Crippen molar-refractivity contribution in [2.45, 2.75) is 111 Å². The molecule has 1 fully saturated rings. The normalized spacial score (nSPS) is 15.9. The van der Waals surface area contributed by atoms with Crippen molar-refractivity contribution in [3.63, 3.8) is 0 Å². The summed E-state index contributed by atoms with van der Waals surface area (Å²) in [6, 6.07) is 12.2. The zero-order valence-corrected chi connectivity index (χ0v) is 42.7. The summed E-state index contributed by atoms with van der Waals surface area (Å²) in [5, 5.41) is 6.22. The lowest BCUT2D eigenvalue weighted by Gasteiger charge is -2.39. The van der Waals surface area contributed by atoms with E-state index in [1.165, 1.54) is 57.5 Å². The van der Waals surface area contributed by atoms with E-state index in [1.54, 1.807) is 34.1 Å². The van der Waals surface area contributed by atoms with Crippen molar-refractivity contribution >= 4 is 64.2 Å². The highest BCUT2D eigenvalue weighted by Gasteiger charge is 2.44. The Kier molecular flexibility index (Phi) is 20.1. The molecule has 3 N–H and O–H groups in total. The standard InChI is InChI=1S/C52H75N9O8/c1-13-35(6)47(52(69)56(8)27-25-38-30-54-40-23-18-17-22-39(38)40)59(11)45(64)32-57(9)51(68)46(34(4)5)60(12)50(67)43(28-33(2)3)58(10)49(66)42-24-19-26-61(42)48(65)41(29-37-20-15-14-16-21-37)55-44(63)31-53-36(7)62/h14-18,20-23,25,27,30,33-35,41-43,46-47,54H,13,19,24,26,28-29,31-32H2,1-12H3,(H,53,62)(H,55,63)/b27-25-/t35-,41-,42?,43-,46?,47-/m0/s1. The average molecular weight is 954 g/mol. The largest absolute Gasteiger partial charge is 0.361 e. The number of nitrogens with zero attached hydrogens (tertiary/aromatic N) is 6. The number of likely N-dealkylation sites (N-methyl/N-ethyl adjacent to an activating group) is 5. The maximum Gasteiger partial charge on any atom is 0.249 e. The minimum Gasteiger partial charge on any atom is -0.361 e. The molecule has 3 aromatic rings. The van der Waals surface area contributed by atoms with Crippen LogP contribution in [0.1, 0.15) is 85.3 Å². The van der Waals surface area contributed by atoms with Crippen LogP contribution >= 0.6 is 0 Å². The molecule has 1 aliphatic rings. The Labute approximate surface area is 408 Å². The lowest BCUT2D eigenvalue weighted by molar-refractivity contribution is -0.155. The first-order chi connectivity index (χ1) is 32.6. The van der Waals surface area contributed by atoms with Crippen LogP contribution in [0, 0.1) is 17.8 Å². The van der Waals surface area contributed by atoms with Crippen molar-refractivity contribution in [2.24, 2.45) is 17.8 Å². The predicted octanol–water partition coefficient (Wildman–Crippen LogP) is 4.14. The third-order valence-corrected chi connectivity index (χ3v) is 13.1. The summed E-state index contributed by atoms with van der Waals surface area (Å²) >= 11 is 0. The summed E-state index contributed by atoms with van der Waals surface area (Å²) in [5.41, 5.74) is 2.67. The summed E-state index contributed by atoms with van der Waals surface area (Å²) in [4.78, 5) is 122. The van der Waals surface area contributed by atoms with Crippen molar-refractivity contribution in [1.29, 1.82) is 0 Å². The van der Waals surface area contributed by atoms with Gasteiger partial charge in [0.1, 0.15) is 30.2 Å². The van der Waals surface area contributed by atoms with Gasteiger partial charge in [-0.3, -0.25) is 38.4 Å². The summed E-state index contributed by atoms with van der Waals surface area (Å²) in [6.45, 7) is 12.2. The number of hydrogen-bond donors (Lipinski definition) is 3. The van der Waals surface area contributed by atoms with Crippen LogP contribution in [0.5, 0.6) is 0 Å². The molecular formula is C52H75N9O8. The number of aromatic nitrogens is 1. The Morgan fingerprint density at radius 1 is 0.812 bits per heavy atom. The number of aromatic amines is 1. The Balaban J connectivity index is 1.50. The molecule has 2 heterocycles. The van der Waals surface area contributed by atoms with E-state index >= 15 is 0 Å². The molecule has 17 nitrogen and oxygen atoms in total. The monoisotopic (exact) mass is 954 g/mol. The number of para-hydroxylation sites is 1. The van der Waals surface area contributed by atoms with Crippen LogP contribution in [0.15, 0.2) is 67.0 Å². The van der Waals surface area contributed by atoms with Crippen molar-refractivity contribution < 1.29 is 38.4 Å². The predicted molar refractivity (Wildman–Crippen MR) is 267 cm³/mol. The Bertz CT molecular complexity index is 2310. The van der Waals surface area contributed by atoms with Gasteiger partial charge in [-0.25, -0.2) is 0 Å². The summed E-state index contributed by atoms with van der Waals surface area (Å²) in [7, 11) is 7.78. The van der Waals surface area contributed by atoms with Gasteiger partial charge in [-0.15, -0.1) is 0 Å². The Hall–Kier alpha value is -6.52. The first kappa shape index (κ1) is 55.1. The van der Waals surface area contributed by atoms with Gasteiger partial charge >= 0.3 is 0 Å². The van der Waals surface area contributed by atoms with Crippen LogP contribution in [0.25, 0.3) is 17.0 Å². The van der Waals surface area contributed by atoms with Crippen molar-refractivity contribution in [3.8, 4) is 0 Å². The molecule has 17 heteroatoms. The van der Waals surface area contributed by atoms with Gasteiger partial charge in [0.2, 0.25) is 47.3 Å². The van der Waals surface area contributed by atoms with E-state index < -0.39 is 77.5 Å². The van der Waals surface area contributed by atoms with Crippen LogP contribution < -0.4 is 10.6 Å². The SMILES string of the molecule is CC[C@H](C)[C@@H](C(=O)N(C)/C=C\c1c[nH]c2ccccc12)N(C)C(=O)CN(C)C(=O)C(C(C)C)N(C)C(=O)[C@H](CC(C)C)N(C)C(=O)C1CCCN1C(=O)[C@H](Cc1ccccc1)NC(=O)CNC(C)=O. The molecule has 4 rings (SSSR count). The smallest absolute Gasteiger partial charge is 0.249 e. The summed E-state index contributed by atoms with van der Waals surface area (Å²) in [5.74, 6) is -4.22. The number of amides is 8. The van der Waals surface area contributed by atoms with Crippen LogP contribution in [-0.2, 0) is 44.8 Å².